The van der Waals surface area contributed by atoms with Gasteiger partial charge in [0.15, 0.2) is 0 Å². The predicted octanol–water partition coefficient (Wildman–Crippen LogP) is 1.20. The number of hydrogen-bond donors (Lipinski definition) is 2. The van der Waals surface area contributed by atoms with E-state index in [-0.39, 0.29) is 22.9 Å². The van der Waals surface area contributed by atoms with Gasteiger partial charge in [0.2, 0.25) is 10.0 Å². The van der Waals surface area contributed by atoms with Gasteiger partial charge in [0, 0.05) is 17.6 Å². The summed E-state index contributed by atoms with van der Waals surface area (Å²) >= 11 is 0. The lowest BCUT2D eigenvalue weighted by Crippen LogP contribution is -2.43. The van der Waals surface area contributed by atoms with Crippen molar-refractivity contribution in [2.45, 2.75) is 43.7 Å². The molecular weight excluding hydrogens is 314 g/mol. The van der Waals surface area contributed by atoms with Gasteiger partial charge in [-0.25, -0.2) is 13.1 Å². The number of benzene rings is 1. The van der Waals surface area contributed by atoms with E-state index in [1.165, 1.54) is 12.1 Å². The maximum atomic E-state index is 12.4. The molecule has 1 aromatic rings. The minimum Gasteiger partial charge on any atom is -0.349 e. The zero-order valence-corrected chi connectivity index (χ0v) is 14.7. The third-order valence-corrected chi connectivity index (χ3v) is 5.51. The third kappa shape index (κ3) is 5.02. The van der Waals surface area contributed by atoms with Crippen molar-refractivity contribution < 1.29 is 13.2 Å². The standard InChI is InChI=1S/C16H25N3O3S/c1-12(2)18-23(21,22)15-6-4-5-13(11-15)16(20)17-14-7-9-19(3)10-8-14/h4-6,11-12,14,18H,7-10H2,1-3H3,(H,17,20). The SMILES string of the molecule is CC(C)NS(=O)(=O)c1cccc(C(=O)NC2CCN(C)CC2)c1. The number of carbonyl (C=O) groups is 1. The summed E-state index contributed by atoms with van der Waals surface area (Å²) in [5, 5.41) is 2.99. The molecule has 1 aliphatic rings. The number of carbonyl (C=O) groups excluding carboxylic acids is 1. The molecule has 0 bridgehead atoms. The van der Waals surface area contributed by atoms with Gasteiger partial charge in [-0.05, 0) is 65.0 Å². The monoisotopic (exact) mass is 339 g/mol. The Bertz CT molecular complexity index is 650. The maximum Gasteiger partial charge on any atom is 0.251 e. The topological polar surface area (TPSA) is 78.5 Å². The molecule has 1 amide bonds. The fraction of sp³-hybridized carbons (Fsp3) is 0.562. The van der Waals surface area contributed by atoms with E-state index >= 15 is 0 Å². The lowest BCUT2D eigenvalue weighted by atomic mass is 10.0. The van der Waals surface area contributed by atoms with Crippen LogP contribution in [0.4, 0.5) is 0 Å². The van der Waals surface area contributed by atoms with E-state index in [2.05, 4.69) is 22.0 Å². The molecule has 0 radical (unpaired) electrons. The summed E-state index contributed by atoms with van der Waals surface area (Å²) in [7, 11) is -1.53. The molecule has 0 unspecified atom stereocenters. The van der Waals surface area contributed by atoms with E-state index in [0.717, 1.165) is 25.9 Å². The zero-order chi connectivity index (χ0) is 17.0. The van der Waals surface area contributed by atoms with E-state index in [4.69, 9.17) is 0 Å². The van der Waals surface area contributed by atoms with Gasteiger partial charge in [0.1, 0.15) is 0 Å². The zero-order valence-electron chi connectivity index (χ0n) is 13.9. The molecule has 1 fully saturated rings. The van der Waals surface area contributed by atoms with Gasteiger partial charge in [-0.2, -0.15) is 0 Å². The first-order valence-electron chi connectivity index (χ1n) is 7.90. The van der Waals surface area contributed by atoms with Crippen LogP contribution < -0.4 is 10.0 Å². The number of amides is 1. The van der Waals surface area contributed by atoms with E-state index in [9.17, 15) is 13.2 Å². The lowest BCUT2D eigenvalue weighted by Gasteiger charge is -2.29. The molecule has 0 atom stereocenters. The Morgan fingerprint density at radius 2 is 1.91 bits per heavy atom. The number of sulfonamides is 1. The van der Waals surface area contributed by atoms with Crippen molar-refractivity contribution in [2.75, 3.05) is 20.1 Å². The molecule has 0 aliphatic carbocycles. The van der Waals surface area contributed by atoms with Gasteiger partial charge < -0.3 is 10.2 Å². The molecule has 6 nitrogen and oxygen atoms in total. The van der Waals surface area contributed by atoms with Gasteiger partial charge >= 0.3 is 0 Å². The second kappa shape index (κ2) is 7.42. The molecule has 0 spiro atoms. The van der Waals surface area contributed by atoms with Crippen LogP contribution in [-0.4, -0.2) is 51.4 Å². The number of rotatable bonds is 5. The number of nitrogens with zero attached hydrogens (tertiary/aromatic N) is 1. The Kier molecular flexibility index (Phi) is 5.78. The quantitative estimate of drug-likeness (QED) is 0.845. The van der Waals surface area contributed by atoms with Crippen LogP contribution in [0.3, 0.4) is 0 Å². The summed E-state index contributed by atoms with van der Waals surface area (Å²) in [5.74, 6) is -0.221. The van der Waals surface area contributed by atoms with Crippen molar-refractivity contribution in [3.8, 4) is 0 Å². The second-order valence-corrected chi connectivity index (χ2v) is 8.07. The molecule has 2 rings (SSSR count). The summed E-state index contributed by atoms with van der Waals surface area (Å²) in [6.07, 6.45) is 1.82. The first kappa shape index (κ1) is 17.9. The minimum atomic E-state index is -3.59. The average Bonchev–Trinajstić information content (AvgIpc) is 2.48. The fourth-order valence-electron chi connectivity index (χ4n) is 2.60. The molecule has 23 heavy (non-hydrogen) atoms. The maximum absolute atomic E-state index is 12.4. The van der Waals surface area contributed by atoms with Gasteiger partial charge in [0.05, 0.1) is 4.90 Å². The molecule has 0 saturated carbocycles. The normalized spacial score (nSPS) is 17.4. The van der Waals surface area contributed by atoms with Gasteiger partial charge in [-0.3, -0.25) is 4.79 Å². The Balaban J connectivity index is 2.08. The predicted molar refractivity (Wildman–Crippen MR) is 89.9 cm³/mol. The van der Waals surface area contributed by atoms with Gasteiger partial charge in [0.25, 0.3) is 5.91 Å². The lowest BCUT2D eigenvalue weighted by molar-refractivity contribution is 0.0916. The summed E-state index contributed by atoms with van der Waals surface area (Å²) in [6.45, 7) is 5.43. The van der Waals surface area contributed by atoms with Crippen molar-refractivity contribution in [1.29, 1.82) is 0 Å². The molecule has 2 N–H and O–H groups in total. The Hall–Kier alpha value is -1.44. The van der Waals surface area contributed by atoms with Crippen LogP contribution in [0.25, 0.3) is 0 Å². The van der Waals surface area contributed by atoms with Gasteiger partial charge in [-0.1, -0.05) is 6.07 Å². The summed E-state index contributed by atoms with van der Waals surface area (Å²) in [4.78, 5) is 14.7. The van der Waals surface area contributed by atoms with E-state index in [1.54, 1.807) is 26.0 Å². The van der Waals surface area contributed by atoms with Crippen LogP contribution in [0.15, 0.2) is 29.2 Å². The highest BCUT2D eigenvalue weighted by molar-refractivity contribution is 7.89. The molecule has 128 valence electrons. The number of piperidine rings is 1. The van der Waals surface area contributed by atoms with Crippen LogP contribution in [0, 0.1) is 0 Å². The summed E-state index contributed by atoms with van der Waals surface area (Å²) in [6, 6.07) is 6.10. The van der Waals surface area contributed by atoms with E-state index in [1.807, 2.05) is 0 Å². The third-order valence-electron chi connectivity index (χ3n) is 3.85. The highest BCUT2D eigenvalue weighted by Crippen LogP contribution is 2.14. The van der Waals surface area contributed by atoms with E-state index in [0.29, 0.717) is 5.56 Å². The van der Waals surface area contributed by atoms with Crippen molar-refractivity contribution in [3.63, 3.8) is 0 Å². The van der Waals surface area contributed by atoms with Crippen LogP contribution in [0.5, 0.6) is 0 Å². The van der Waals surface area contributed by atoms with Crippen LogP contribution >= 0.6 is 0 Å². The second-order valence-electron chi connectivity index (χ2n) is 6.35. The van der Waals surface area contributed by atoms with Gasteiger partial charge in [-0.15, -0.1) is 0 Å². The molecular formula is C16H25N3O3S. The Morgan fingerprint density at radius 3 is 2.52 bits per heavy atom. The first-order chi connectivity index (χ1) is 10.8. The minimum absolute atomic E-state index is 0.113. The molecule has 0 aromatic heterocycles. The highest BCUT2D eigenvalue weighted by Gasteiger charge is 2.21. The number of hydrogen-bond acceptors (Lipinski definition) is 4. The molecule has 1 heterocycles. The summed E-state index contributed by atoms with van der Waals surface area (Å²) < 4.78 is 26.9. The summed E-state index contributed by atoms with van der Waals surface area (Å²) in [5.41, 5.74) is 0.371. The molecule has 1 aliphatic heterocycles. The fourth-order valence-corrected chi connectivity index (χ4v) is 3.90. The van der Waals surface area contributed by atoms with Crippen LogP contribution in [0.2, 0.25) is 0 Å². The molecule has 1 saturated heterocycles. The van der Waals surface area contributed by atoms with Crippen LogP contribution in [-0.2, 0) is 10.0 Å². The first-order valence-corrected chi connectivity index (χ1v) is 9.38. The Labute approximate surface area is 138 Å². The van der Waals surface area contributed by atoms with Crippen molar-refractivity contribution in [2.24, 2.45) is 0 Å². The number of nitrogens with one attached hydrogen (secondary N) is 2. The highest BCUT2D eigenvalue weighted by atomic mass is 32.2. The van der Waals surface area contributed by atoms with E-state index < -0.39 is 10.0 Å². The van der Waals surface area contributed by atoms with Crippen molar-refractivity contribution >= 4 is 15.9 Å². The largest absolute Gasteiger partial charge is 0.349 e. The smallest absolute Gasteiger partial charge is 0.251 e. The van der Waals surface area contributed by atoms with Crippen LogP contribution in [0.1, 0.15) is 37.0 Å². The number of likely N-dealkylation sites (tertiary alicyclic amines) is 1. The average molecular weight is 339 g/mol. The van der Waals surface area contributed by atoms with Crippen molar-refractivity contribution in [3.05, 3.63) is 29.8 Å². The van der Waals surface area contributed by atoms with Crippen molar-refractivity contribution in [1.82, 2.24) is 14.9 Å². The molecule has 1 aromatic carbocycles. The Morgan fingerprint density at radius 1 is 1.26 bits per heavy atom. The molecule has 7 heteroatoms.